The van der Waals surface area contributed by atoms with Crippen LogP contribution in [0.3, 0.4) is 0 Å². The van der Waals surface area contributed by atoms with E-state index < -0.39 is 0 Å². The minimum atomic E-state index is -0.0946. The number of carbonyl (C=O) groups excluding carboxylic acids is 1. The Morgan fingerprint density at radius 2 is 1.80 bits per heavy atom. The number of benzene rings is 2. The van der Waals surface area contributed by atoms with Crippen LogP contribution in [0.2, 0.25) is 0 Å². The highest BCUT2D eigenvalue weighted by Gasteiger charge is 2.16. The van der Waals surface area contributed by atoms with Gasteiger partial charge in [0.25, 0.3) is 5.91 Å². The van der Waals surface area contributed by atoms with Crippen molar-refractivity contribution >= 4 is 17.3 Å². The van der Waals surface area contributed by atoms with Crippen molar-refractivity contribution in [1.82, 2.24) is 0 Å². The van der Waals surface area contributed by atoms with Crippen LogP contribution in [0.5, 0.6) is 0 Å². The van der Waals surface area contributed by atoms with E-state index >= 15 is 0 Å². The van der Waals surface area contributed by atoms with Gasteiger partial charge in [-0.1, -0.05) is 31.2 Å². The van der Waals surface area contributed by atoms with E-state index in [0.717, 1.165) is 12.1 Å². The number of amides is 1. The Morgan fingerprint density at radius 1 is 1.15 bits per heavy atom. The number of nitrogen functional groups attached to an aromatic ring is 1. The average Bonchev–Trinajstić information content (AvgIpc) is 2.53. The molecule has 1 amide bonds. The molecule has 0 unspecified atom stereocenters. The summed E-state index contributed by atoms with van der Waals surface area (Å²) in [6, 6.07) is 15.2. The minimum absolute atomic E-state index is 0.0946. The number of hydrazine groups is 1. The largest absolute Gasteiger partial charge is 0.323 e. The van der Waals surface area contributed by atoms with Gasteiger partial charge in [-0.15, -0.1) is 0 Å². The predicted molar refractivity (Wildman–Crippen MR) is 82.8 cm³/mol. The Balaban J connectivity index is 2.27. The van der Waals surface area contributed by atoms with Crippen LogP contribution in [-0.2, 0) is 6.42 Å². The van der Waals surface area contributed by atoms with Crippen molar-refractivity contribution in [2.24, 2.45) is 5.84 Å². The molecule has 0 aromatic heterocycles. The van der Waals surface area contributed by atoms with Crippen LogP contribution >= 0.6 is 0 Å². The van der Waals surface area contributed by atoms with Crippen LogP contribution in [0.25, 0.3) is 0 Å². The lowest BCUT2D eigenvalue weighted by atomic mass is 10.1. The van der Waals surface area contributed by atoms with Crippen molar-refractivity contribution in [3.8, 4) is 0 Å². The molecular formula is C16H19N3O. The third-order valence-electron chi connectivity index (χ3n) is 3.35. The molecule has 0 aliphatic heterocycles. The van der Waals surface area contributed by atoms with Gasteiger partial charge in [-0.3, -0.25) is 10.6 Å². The number of anilines is 2. The first-order chi connectivity index (χ1) is 9.67. The van der Waals surface area contributed by atoms with E-state index in [-0.39, 0.29) is 5.91 Å². The van der Waals surface area contributed by atoms with Crippen LogP contribution in [0.15, 0.2) is 48.5 Å². The van der Waals surface area contributed by atoms with Crippen molar-refractivity contribution in [1.29, 1.82) is 0 Å². The normalized spacial score (nSPS) is 10.2. The van der Waals surface area contributed by atoms with E-state index in [1.807, 2.05) is 36.4 Å². The first-order valence-corrected chi connectivity index (χ1v) is 6.60. The number of hydrogen-bond donors (Lipinski definition) is 2. The molecule has 0 atom stereocenters. The number of hydrogen-bond acceptors (Lipinski definition) is 3. The Kier molecular flexibility index (Phi) is 4.38. The van der Waals surface area contributed by atoms with E-state index in [0.29, 0.717) is 11.3 Å². The molecule has 20 heavy (non-hydrogen) atoms. The number of aryl methyl sites for hydroxylation is 1. The van der Waals surface area contributed by atoms with Crippen LogP contribution in [-0.4, -0.2) is 13.0 Å². The third-order valence-corrected chi connectivity index (χ3v) is 3.35. The van der Waals surface area contributed by atoms with Crippen LogP contribution in [0, 0.1) is 0 Å². The molecule has 2 aromatic carbocycles. The summed E-state index contributed by atoms with van der Waals surface area (Å²) in [6.45, 7) is 2.10. The highest BCUT2D eigenvalue weighted by atomic mass is 16.2. The number of carbonyl (C=O) groups is 1. The van der Waals surface area contributed by atoms with E-state index in [1.54, 1.807) is 24.1 Å². The molecule has 4 nitrogen and oxygen atoms in total. The monoisotopic (exact) mass is 269 g/mol. The molecule has 0 heterocycles. The van der Waals surface area contributed by atoms with Gasteiger partial charge < -0.3 is 10.3 Å². The van der Waals surface area contributed by atoms with Gasteiger partial charge in [-0.05, 0) is 36.2 Å². The highest BCUT2D eigenvalue weighted by molar-refractivity contribution is 6.09. The van der Waals surface area contributed by atoms with Gasteiger partial charge >= 0.3 is 0 Å². The number of nitrogens with zero attached hydrogens (tertiary/aromatic N) is 1. The van der Waals surface area contributed by atoms with Crippen LogP contribution in [0.1, 0.15) is 22.8 Å². The fourth-order valence-electron chi connectivity index (χ4n) is 2.05. The van der Waals surface area contributed by atoms with Gasteiger partial charge in [0.2, 0.25) is 0 Å². The fourth-order valence-corrected chi connectivity index (χ4v) is 2.05. The summed E-state index contributed by atoms with van der Waals surface area (Å²) in [6.07, 6.45) is 0.984. The van der Waals surface area contributed by atoms with Crippen molar-refractivity contribution in [2.45, 2.75) is 13.3 Å². The van der Waals surface area contributed by atoms with E-state index in [2.05, 4.69) is 12.3 Å². The molecule has 0 aliphatic carbocycles. The first kappa shape index (κ1) is 14.1. The standard InChI is InChI=1S/C16H19N3O/c1-3-12-8-10-13(11-9-12)19(2)16(20)14-6-4-5-7-15(14)18-17/h4-11,18H,3,17H2,1-2H3. The molecule has 0 radical (unpaired) electrons. The molecule has 4 heteroatoms. The molecule has 0 aliphatic rings. The van der Waals surface area contributed by atoms with Crippen LogP contribution in [0.4, 0.5) is 11.4 Å². The van der Waals surface area contributed by atoms with Gasteiger partial charge in [0.15, 0.2) is 0 Å². The van der Waals surface area contributed by atoms with Crippen molar-refractivity contribution in [3.63, 3.8) is 0 Å². The summed E-state index contributed by atoms with van der Waals surface area (Å²) >= 11 is 0. The molecule has 0 bridgehead atoms. The van der Waals surface area contributed by atoms with Gasteiger partial charge in [0.1, 0.15) is 0 Å². The summed E-state index contributed by atoms with van der Waals surface area (Å²) in [7, 11) is 1.76. The summed E-state index contributed by atoms with van der Waals surface area (Å²) in [4.78, 5) is 14.1. The molecule has 0 spiro atoms. The molecule has 0 saturated carbocycles. The molecular weight excluding hydrogens is 250 g/mol. The second-order valence-corrected chi connectivity index (χ2v) is 4.57. The molecule has 0 saturated heterocycles. The van der Waals surface area contributed by atoms with Gasteiger partial charge in [-0.25, -0.2) is 0 Å². The van der Waals surface area contributed by atoms with Gasteiger partial charge in [0.05, 0.1) is 11.3 Å². The van der Waals surface area contributed by atoms with Gasteiger partial charge in [-0.2, -0.15) is 0 Å². The van der Waals surface area contributed by atoms with Gasteiger partial charge in [0, 0.05) is 12.7 Å². The maximum absolute atomic E-state index is 12.5. The molecule has 2 rings (SSSR count). The van der Waals surface area contributed by atoms with E-state index in [4.69, 9.17) is 5.84 Å². The quantitative estimate of drug-likeness (QED) is 0.663. The minimum Gasteiger partial charge on any atom is -0.323 e. The zero-order chi connectivity index (χ0) is 14.5. The molecule has 2 aromatic rings. The number of nitrogens with two attached hydrogens (primary N) is 1. The van der Waals surface area contributed by atoms with E-state index in [9.17, 15) is 4.79 Å². The Bertz CT molecular complexity index is 593. The SMILES string of the molecule is CCc1ccc(N(C)C(=O)c2ccccc2NN)cc1. The predicted octanol–water partition coefficient (Wildman–Crippen LogP) is 2.81. The Morgan fingerprint density at radius 3 is 2.40 bits per heavy atom. The maximum Gasteiger partial charge on any atom is 0.260 e. The fraction of sp³-hybridized carbons (Fsp3) is 0.188. The average molecular weight is 269 g/mol. The zero-order valence-electron chi connectivity index (χ0n) is 11.8. The lowest BCUT2D eigenvalue weighted by Crippen LogP contribution is -2.27. The molecule has 104 valence electrons. The second-order valence-electron chi connectivity index (χ2n) is 4.57. The molecule has 0 fully saturated rings. The van der Waals surface area contributed by atoms with E-state index in [1.165, 1.54) is 5.56 Å². The second kappa shape index (κ2) is 6.21. The third kappa shape index (κ3) is 2.81. The smallest absolute Gasteiger partial charge is 0.260 e. The summed E-state index contributed by atoms with van der Waals surface area (Å²) < 4.78 is 0. The van der Waals surface area contributed by atoms with Crippen molar-refractivity contribution in [2.75, 3.05) is 17.4 Å². The summed E-state index contributed by atoms with van der Waals surface area (Å²) in [5.41, 5.74) is 5.84. The number of para-hydroxylation sites is 1. The molecule has 3 N–H and O–H groups in total. The summed E-state index contributed by atoms with van der Waals surface area (Å²) in [5, 5.41) is 0. The summed E-state index contributed by atoms with van der Waals surface area (Å²) in [5.74, 6) is 5.35. The van der Waals surface area contributed by atoms with Crippen molar-refractivity contribution in [3.05, 3.63) is 59.7 Å². The Hall–Kier alpha value is -2.33. The number of nitrogens with one attached hydrogen (secondary N) is 1. The van der Waals surface area contributed by atoms with Crippen molar-refractivity contribution < 1.29 is 4.79 Å². The maximum atomic E-state index is 12.5. The highest BCUT2D eigenvalue weighted by Crippen LogP contribution is 2.20. The lowest BCUT2D eigenvalue weighted by molar-refractivity contribution is 0.0993. The first-order valence-electron chi connectivity index (χ1n) is 6.60. The number of rotatable bonds is 4. The Labute approximate surface area is 119 Å². The zero-order valence-corrected chi connectivity index (χ0v) is 11.8. The van der Waals surface area contributed by atoms with Crippen LogP contribution < -0.4 is 16.2 Å². The topological polar surface area (TPSA) is 58.4 Å². The lowest BCUT2D eigenvalue weighted by Gasteiger charge is -2.19.